The number of fused-ring (bicyclic) bond motifs is 1. The van der Waals surface area contributed by atoms with Crippen LogP contribution >= 0.6 is 15.9 Å². The fourth-order valence-electron chi connectivity index (χ4n) is 3.32. The average Bonchev–Trinajstić information content (AvgIpc) is 3.03. The molecule has 0 atom stereocenters. The first kappa shape index (κ1) is 19.7. The monoisotopic (exact) mass is 469 g/mol. The Kier molecular flexibility index (Phi) is 5.43. The zero-order valence-corrected chi connectivity index (χ0v) is 18.2. The van der Waals surface area contributed by atoms with E-state index < -0.39 is 10.0 Å². The Bertz CT molecular complexity index is 1260. The van der Waals surface area contributed by atoms with Gasteiger partial charge >= 0.3 is 0 Å². The first-order chi connectivity index (χ1) is 13.9. The maximum absolute atomic E-state index is 12.8. The van der Waals surface area contributed by atoms with E-state index in [2.05, 4.69) is 25.2 Å². The van der Waals surface area contributed by atoms with Crippen LogP contribution in [0.2, 0.25) is 0 Å². The minimum Gasteiger partial charge on any atom is -0.331 e. The van der Waals surface area contributed by atoms with Gasteiger partial charge in [0.1, 0.15) is 5.82 Å². The van der Waals surface area contributed by atoms with Crippen LogP contribution in [0.4, 0.5) is 5.69 Å². The highest BCUT2D eigenvalue weighted by Gasteiger charge is 2.16. The molecule has 0 saturated heterocycles. The van der Waals surface area contributed by atoms with Crippen LogP contribution in [0.15, 0.2) is 82.2 Å². The minimum atomic E-state index is -3.66. The molecule has 0 radical (unpaired) electrons. The predicted molar refractivity (Wildman–Crippen MR) is 120 cm³/mol. The zero-order chi connectivity index (χ0) is 20.4. The molecule has 1 N–H and O–H groups in total. The van der Waals surface area contributed by atoms with E-state index in [9.17, 15) is 8.42 Å². The van der Waals surface area contributed by atoms with Gasteiger partial charge in [-0.15, -0.1) is 0 Å². The van der Waals surface area contributed by atoms with Crippen molar-refractivity contribution in [2.45, 2.75) is 17.7 Å². The summed E-state index contributed by atoms with van der Waals surface area (Å²) in [6.45, 7) is 0. The van der Waals surface area contributed by atoms with Crippen molar-refractivity contribution >= 4 is 42.7 Å². The van der Waals surface area contributed by atoms with Crippen molar-refractivity contribution < 1.29 is 8.42 Å². The van der Waals surface area contributed by atoms with Crippen molar-refractivity contribution in [3.63, 3.8) is 0 Å². The molecule has 0 spiro atoms. The van der Waals surface area contributed by atoms with Crippen LogP contribution in [0, 0.1) is 0 Å². The molecule has 4 aromatic rings. The molecule has 0 bridgehead atoms. The molecule has 4 rings (SSSR count). The fourth-order valence-corrected chi connectivity index (χ4v) is 4.69. The Morgan fingerprint density at radius 3 is 2.38 bits per heavy atom. The van der Waals surface area contributed by atoms with Crippen LogP contribution in [-0.2, 0) is 29.9 Å². The average molecular weight is 470 g/mol. The van der Waals surface area contributed by atoms with Gasteiger partial charge in [0.2, 0.25) is 0 Å². The van der Waals surface area contributed by atoms with Gasteiger partial charge in [0, 0.05) is 17.9 Å². The predicted octanol–water partition coefficient (Wildman–Crippen LogP) is 4.92. The fraction of sp³-hybridized carbons (Fsp3) is 0.136. The number of hydrogen-bond donors (Lipinski definition) is 1. The molecule has 1 aromatic heterocycles. The number of rotatable bonds is 6. The van der Waals surface area contributed by atoms with Gasteiger partial charge in [-0.3, -0.25) is 4.72 Å². The molecule has 0 aliphatic heterocycles. The third-order valence-electron chi connectivity index (χ3n) is 4.88. The number of aryl methyl sites for hydroxylation is 3. The molecular formula is C22H20BrN3O2S. The smallest absolute Gasteiger partial charge is 0.261 e. The molecule has 0 aliphatic carbocycles. The van der Waals surface area contributed by atoms with Crippen LogP contribution in [-0.4, -0.2) is 18.0 Å². The maximum atomic E-state index is 12.8. The molecule has 1 heterocycles. The van der Waals surface area contributed by atoms with Crippen molar-refractivity contribution in [2.75, 3.05) is 4.72 Å². The summed E-state index contributed by atoms with van der Waals surface area (Å²) in [5.41, 5.74) is 3.58. The molecule has 5 nitrogen and oxygen atoms in total. The SMILES string of the molecule is Cn1c(CCc2ccccc2NS(=O)(=O)c2ccc(Br)cc2)nc2ccccc21. The van der Waals surface area contributed by atoms with Crippen molar-refractivity contribution in [3.05, 3.63) is 88.7 Å². The molecule has 0 fully saturated rings. The zero-order valence-electron chi connectivity index (χ0n) is 15.8. The lowest BCUT2D eigenvalue weighted by atomic mass is 10.1. The normalized spacial score (nSPS) is 11.7. The van der Waals surface area contributed by atoms with Crippen molar-refractivity contribution in [2.24, 2.45) is 7.05 Å². The summed E-state index contributed by atoms with van der Waals surface area (Å²) in [7, 11) is -1.65. The molecule has 0 amide bonds. The standard InChI is InChI=1S/C22H20BrN3O2S/c1-26-21-9-5-4-8-20(21)24-22(26)15-10-16-6-2-3-7-19(16)25-29(27,28)18-13-11-17(23)12-14-18/h2-9,11-14,25H,10,15H2,1H3. The summed E-state index contributed by atoms with van der Waals surface area (Å²) in [6.07, 6.45) is 1.39. The Balaban J connectivity index is 1.56. The van der Waals surface area contributed by atoms with Gasteiger partial charge in [0.15, 0.2) is 0 Å². The number of imidazole rings is 1. The highest BCUT2D eigenvalue weighted by atomic mass is 79.9. The van der Waals surface area contributed by atoms with Gasteiger partial charge in [0.05, 0.1) is 21.6 Å². The summed E-state index contributed by atoms with van der Waals surface area (Å²) in [6, 6.07) is 22.1. The quantitative estimate of drug-likeness (QED) is 0.435. The van der Waals surface area contributed by atoms with Crippen molar-refractivity contribution in [3.8, 4) is 0 Å². The molecule has 3 aromatic carbocycles. The van der Waals surface area contributed by atoms with E-state index >= 15 is 0 Å². The van der Waals surface area contributed by atoms with E-state index in [4.69, 9.17) is 4.98 Å². The molecule has 0 saturated carbocycles. The lowest BCUT2D eigenvalue weighted by Crippen LogP contribution is -2.14. The molecular weight excluding hydrogens is 450 g/mol. The summed E-state index contributed by atoms with van der Waals surface area (Å²) in [5, 5.41) is 0. The first-order valence-electron chi connectivity index (χ1n) is 9.21. The third kappa shape index (κ3) is 4.21. The highest BCUT2D eigenvalue weighted by Crippen LogP contribution is 2.23. The third-order valence-corrected chi connectivity index (χ3v) is 6.79. The van der Waals surface area contributed by atoms with Crippen LogP contribution in [0.3, 0.4) is 0 Å². The second kappa shape index (κ2) is 8.00. The number of para-hydroxylation sites is 3. The van der Waals surface area contributed by atoms with Gasteiger partial charge in [-0.2, -0.15) is 0 Å². The second-order valence-corrected chi connectivity index (χ2v) is 9.39. The summed E-state index contributed by atoms with van der Waals surface area (Å²) >= 11 is 3.33. The molecule has 0 unspecified atom stereocenters. The van der Waals surface area contributed by atoms with E-state index in [1.54, 1.807) is 30.3 Å². The summed E-state index contributed by atoms with van der Waals surface area (Å²) in [5.74, 6) is 0.969. The number of anilines is 1. The van der Waals surface area contributed by atoms with E-state index in [1.165, 1.54) is 0 Å². The van der Waals surface area contributed by atoms with E-state index in [0.29, 0.717) is 18.5 Å². The number of halogens is 1. The lowest BCUT2D eigenvalue weighted by molar-refractivity contribution is 0.601. The summed E-state index contributed by atoms with van der Waals surface area (Å²) in [4.78, 5) is 4.93. The molecule has 0 aliphatic rings. The second-order valence-electron chi connectivity index (χ2n) is 6.79. The summed E-state index contributed by atoms with van der Waals surface area (Å²) < 4.78 is 31.2. The Morgan fingerprint density at radius 1 is 0.931 bits per heavy atom. The van der Waals surface area contributed by atoms with Gasteiger partial charge in [-0.05, 0) is 54.4 Å². The Morgan fingerprint density at radius 2 is 1.62 bits per heavy atom. The lowest BCUT2D eigenvalue weighted by Gasteiger charge is -2.13. The molecule has 29 heavy (non-hydrogen) atoms. The number of benzene rings is 3. The topological polar surface area (TPSA) is 64.0 Å². The maximum Gasteiger partial charge on any atom is 0.261 e. The Hall–Kier alpha value is -2.64. The Labute approximate surface area is 178 Å². The van der Waals surface area contributed by atoms with Gasteiger partial charge in [0.25, 0.3) is 10.0 Å². The number of nitrogens with zero attached hydrogens (tertiary/aromatic N) is 2. The molecule has 7 heteroatoms. The van der Waals surface area contributed by atoms with Gasteiger partial charge in [-0.25, -0.2) is 13.4 Å². The van der Waals surface area contributed by atoms with Crippen molar-refractivity contribution in [1.82, 2.24) is 9.55 Å². The van der Waals surface area contributed by atoms with Gasteiger partial charge in [-0.1, -0.05) is 46.3 Å². The van der Waals surface area contributed by atoms with Crippen LogP contribution in [0.5, 0.6) is 0 Å². The first-order valence-corrected chi connectivity index (χ1v) is 11.5. The number of aromatic nitrogens is 2. The highest BCUT2D eigenvalue weighted by molar-refractivity contribution is 9.10. The van der Waals surface area contributed by atoms with E-state index in [-0.39, 0.29) is 4.90 Å². The van der Waals surface area contributed by atoms with E-state index in [0.717, 1.165) is 26.9 Å². The van der Waals surface area contributed by atoms with Crippen molar-refractivity contribution in [1.29, 1.82) is 0 Å². The van der Waals surface area contributed by atoms with Gasteiger partial charge < -0.3 is 4.57 Å². The van der Waals surface area contributed by atoms with E-state index in [1.807, 2.05) is 49.5 Å². The largest absolute Gasteiger partial charge is 0.331 e. The number of nitrogens with one attached hydrogen (secondary N) is 1. The van der Waals surface area contributed by atoms with Crippen LogP contribution in [0.25, 0.3) is 11.0 Å². The van der Waals surface area contributed by atoms with Crippen LogP contribution < -0.4 is 4.72 Å². The molecule has 148 valence electrons. The number of sulfonamides is 1. The van der Waals surface area contributed by atoms with Crippen LogP contribution in [0.1, 0.15) is 11.4 Å². The number of hydrogen-bond acceptors (Lipinski definition) is 3. The minimum absolute atomic E-state index is 0.228.